The number of aromatic hydroxyl groups is 3. The van der Waals surface area contributed by atoms with Crippen LogP contribution < -0.4 is 19.6 Å². The predicted octanol–water partition coefficient (Wildman–Crippen LogP) is 2.09. The first-order valence-electron chi connectivity index (χ1n) is 6.78. The largest absolute Gasteiger partial charge is 0.507 e. The van der Waals surface area contributed by atoms with Gasteiger partial charge in [0.05, 0.1) is 21.3 Å². The number of fused-ring (bicyclic) bond motifs is 2. The summed E-state index contributed by atoms with van der Waals surface area (Å²) in [6.07, 6.45) is 0. The van der Waals surface area contributed by atoms with E-state index in [2.05, 4.69) is 0 Å². The fourth-order valence-corrected chi connectivity index (χ4v) is 2.58. The second-order valence-corrected chi connectivity index (χ2v) is 4.92. The molecule has 0 spiro atoms. The molecule has 0 unspecified atom stereocenters. The lowest BCUT2D eigenvalue weighted by molar-refractivity contribution is 0.318. The zero-order valence-corrected chi connectivity index (χ0v) is 13.0. The third kappa shape index (κ3) is 1.96. The number of ether oxygens (including phenoxy) is 3. The molecule has 0 atom stereocenters. The first kappa shape index (κ1) is 15.6. The highest BCUT2D eigenvalue weighted by Crippen LogP contribution is 2.49. The van der Waals surface area contributed by atoms with Gasteiger partial charge in [-0.3, -0.25) is 4.79 Å². The lowest BCUT2D eigenvalue weighted by Gasteiger charge is -2.14. The van der Waals surface area contributed by atoms with Gasteiger partial charge in [-0.25, -0.2) is 0 Å². The van der Waals surface area contributed by atoms with Crippen molar-refractivity contribution >= 4 is 21.9 Å². The number of hydrogen-bond acceptors (Lipinski definition) is 8. The van der Waals surface area contributed by atoms with E-state index < -0.39 is 16.9 Å². The number of phenols is 3. The Morgan fingerprint density at radius 3 is 2.08 bits per heavy atom. The Morgan fingerprint density at radius 2 is 1.50 bits per heavy atom. The van der Waals surface area contributed by atoms with E-state index in [-0.39, 0.29) is 44.9 Å². The Morgan fingerprint density at radius 1 is 0.875 bits per heavy atom. The lowest BCUT2D eigenvalue weighted by atomic mass is 10.1. The van der Waals surface area contributed by atoms with Crippen molar-refractivity contribution < 1.29 is 33.9 Å². The molecule has 0 saturated heterocycles. The van der Waals surface area contributed by atoms with E-state index in [0.717, 1.165) is 0 Å². The quantitative estimate of drug-likeness (QED) is 0.492. The molecule has 0 aliphatic carbocycles. The van der Waals surface area contributed by atoms with Crippen molar-refractivity contribution in [2.45, 2.75) is 0 Å². The van der Waals surface area contributed by atoms with Crippen LogP contribution >= 0.6 is 0 Å². The van der Waals surface area contributed by atoms with Crippen LogP contribution in [0.5, 0.6) is 34.5 Å². The minimum absolute atomic E-state index is 0.0220. The molecule has 3 rings (SSSR count). The van der Waals surface area contributed by atoms with Crippen LogP contribution in [0.1, 0.15) is 0 Å². The SMILES string of the molecule is COc1cc(O)c2c(=O)c3c(O)c(OC)c(OC)c(O)c3oc2c1. The second kappa shape index (κ2) is 5.41. The molecule has 0 aliphatic heterocycles. The standard InChI is InChI=1S/C16H14O8/c1-21-6-4-7(17)9-8(5-6)24-14-10(11(9)18)12(19)15(22-2)16(23-3)13(14)20/h4-5,17,19-20H,1-3H3. The summed E-state index contributed by atoms with van der Waals surface area (Å²) < 4.78 is 20.5. The number of hydrogen-bond donors (Lipinski definition) is 3. The van der Waals surface area contributed by atoms with E-state index in [0.29, 0.717) is 0 Å². The maximum Gasteiger partial charge on any atom is 0.211 e. The van der Waals surface area contributed by atoms with Crippen LogP contribution in [0.4, 0.5) is 0 Å². The monoisotopic (exact) mass is 334 g/mol. The van der Waals surface area contributed by atoms with Gasteiger partial charge in [-0.1, -0.05) is 0 Å². The van der Waals surface area contributed by atoms with Gasteiger partial charge < -0.3 is 33.9 Å². The molecule has 126 valence electrons. The van der Waals surface area contributed by atoms with Gasteiger partial charge in [0.1, 0.15) is 27.9 Å². The van der Waals surface area contributed by atoms with E-state index in [4.69, 9.17) is 18.6 Å². The molecule has 0 saturated carbocycles. The van der Waals surface area contributed by atoms with Crippen molar-refractivity contribution in [2.75, 3.05) is 21.3 Å². The van der Waals surface area contributed by atoms with Crippen LogP contribution in [-0.4, -0.2) is 36.6 Å². The summed E-state index contributed by atoms with van der Waals surface area (Å²) in [6, 6.07) is 2.62. The summed E-state index contributed by atoms with van der Waals surface area (Å²) in [5.41, 5.74) is -1.05. The molecular weight excluding hydrogens is 320 g/mol. The summed E-state index contributed by atoms with van der Waals surface area (Å²) in [4.78, 5) is 12.7. The lowest BCUT2D eigenvalue weighted by Crippen LogP contribution is -2.05. The van der Waals surface area contributed by atoms with Gasteiger partial charge in [0.25, 0.3) is 0 Å². The summed E-state index contributed by atoms with van der Waals surface area (Å²) in [7, 11) is 3.89. The van der Waals surface area contributed by atoms with Crippen LogP contribution in [0.15, 0.2) is 21.3 Å². The summed E-state index contributed by atoms with van der Waals surface area (Å²) in [5, 5.41) is 30.2. The van der Waals surface area contributed by atoms with Crippen molar-refractivity contribution in [2.24, 2.45) is 0 Å². The minimum atomic E-state index is -0.736. The third-order valence-corrected chi connectivity index (χ3v) is 3.68. The van der Waals surface area contributed by atoms with E-state index in [1.54, 1.807) is 0 Å². The van der Waals surface area contributed by atoms with E-state index >= 15 is 0 Å². The molecule has 0 fully saturated rings. The van der Waals surface area contributed by atoms with Gasteiger partial charge in [-0.15, -0.1) is 0 Å². The maximum absolute atomic E-state index is 12.7. The Labute approximate surface area is 135 Å². The molecule has 24 heavy (non-hydrogen) atoms. The molecule has 0 amide bonds. The van der Waals surface area contributed by atoms with Gasteiger partial charge in [0, 0.05) is 12.1 Å². The fraction of sp³-hybridized carbons (Fsp3) is 0.188. The predicted molar refractivity (Wildman–Crippen MR) is 84.6 cm³/mol. The highest BCUT2D eigenvalue weighted by Gasteiger charge is 2.26. The molecule has 0 aliphatic rings. The first-order chi connectivity index (χ1) is 11.4. The van der Waals surface area contributed by atoms with Gasteiger partial charge in [0.15, 0.2) is 11.3 Å². The summed E-state index contributed by atoms with van der Waals surface area (Å²) >= 11 is 0. The van der Waals surface area contributed by atoms with Gasteiger partial charge >= 0.3 is 0 Å². The molecule has 1 heterocycles. The van der Waals surface area contributed by atoms with E-state index in [1.165, 1.54) is 33.5 Å². The third-order valence-electron chi connectivity index (χ3n) is 3.68. The van der Waals surface area contributed by atoms with Crippen molar-refractivity contribution in [1.82, 2.24) is 0 Å². The topological polar surface area (TPSA) is 119 Å². The summed E-state index contributed by atoms with van der Waals surface area (Å²) in [6.45, 7) is 0. The van der Waals surface area contributed by atoms with Gasteiger partial charge in [-0.05, 0) is 0 Å². The number of rotatable bonds is 3. The molecule has 0 bridgehead atoms. The van der Waals surface area contributed by atoms with Crippen molar-refractivity contribution in [3.63, 3.8) is 0 Å². The maximum atomic E-state index is 12.7. The van der Waals surface area contributed by atoms with Crippen LogP contribution in [0.3, 0.4) is 0 Å². The van der Waals surface area contributed by atoms with Crippen molar-refractivity contribution in [3.05, 3.63) is 22.4 Å². The number of benzene rings is 2. The van der Waals surface area contributed by atoms with Crippen LogP contribution in [0, 0.1) is 0 Å². The average Bonchev–Trinajstić information content (AvgIpc) is 2.56. The molecule has 8 heteroatoms. The number of methoxy groups -OCH3 is 3. The average molecular weight is 334 g/mol. The molecule has 3 N–H and O–H groups in total. The fourth-order valence-electron chi connectivity index (χ4n) is 2.58. The smallest absolute Gasteiger partial charge is 0.211 e. The minimum Gasteiger partial charge on any atom is -0.507 e. The summed E-state index contributed by atoms with van der Waals surface area (Å²) in [5.74, 6) is -1.60. The Hall–Kier alpha value is -3.29. The molecule has 3 aromatic rings. The van der Waals surface area contributed by atoms with Gasteiger partial charge in [-0.2, -0.15) is 0 Å². The molecule has 8 nitrogen and oxygen atoms in total. The van der Waals surface area contributed by atoms with Crippen LogP contribution in [-0.2, 0) is 0 Å². The molecule has 0 radical (unpaired) electrons. The highest BCUT2D eigenvalue weighted by atomic mass is 16.5. The van der Waals surface area contributed by atoms with Crippen LogP contribution in [0.2, 0.25) is 0 Å². The van der Waals surface area contributed by atoms with Crippen LogP contribution in [0.25, 0.3) is 21.9 Å². The van der Waals surface area contributed by atoms with Gasteiger partial charge in [0.2, 0.25) is 22.7 Å². The van der Waals surface area contributed by atoms with Crippen molar-refractivity contribution in [3.8, 4) is 34.5 Å². The van der Waals surface area contributed by atoms with E-state index in [9.17, 15) is 20.1 Å². The first-order valence-corrected chi connectivity index (χ1v) is 6.78. The highest BCUT2D eigenvalue weighted by molar-refractivity contribution is 6.01. The molecule has 2 aromatic carbocycles. The Bertz CT molecular complexity index is 1020. The molecular formula is C16H14O8. The molecule has 1 aromatic heterocycles. The van der Waals surface area contributed by atoms with Crippen molar-refractivity contribution in [1.29, 1.82) is 0 Å². The Kier molecular flexibility index (Phi) is 3.52. The zero-order chi connectivity index (χ0) is 17.6. The second-order valence-electron chi connectivity index (χ2n) is 4.92. The normalized spacial score (nSPS) is 11.0. The Balaban J connectivity index is 2.61. The number of phenolic OH excluding ortho intramolecular Hbond substituents is 3. The zero-order valence-electron chi connectivity index (χ0n) is 13.0. The van der Waals surface area contributed by atoms with E-state index in [1.807, 2.05) is 0 Å².